The van der Waals surface area contributed by atoms with Gasteiger partial charge in [0.05, 0.1) is 6.10 Å². The van der Waals surface area contributed by atoms with E-state index in [1.807, 2.05) is 6.92 Å². The molecule has 0 heterocycles. The fraction of sp³-hybridized carbons (Fsp3) is 0.929. The quantitative estimate of drug-likeness (QED) is 0.662. The molecule has 1 rings (SSSR count). The van der Waals surface area contributed by atoms with E-state index in [0.717, 1.165) is 19.3 Å². The topological polar surface area (TPSA) is 61.4 Å². The number of hydrogen-bond acceptors (Lipinski definition) is 2. The summed E-state index contributed by atoms with van der Waals surface area (Å²) < 4.78 is 0. The lowest BCUT2D eigenvalue weighted by atomic mass is 10.1. The SMILES string of the molecule is CC(O)CC(C)CNC(=O)NC1CCCCCC1. The van der Waals surface area contributed by atoms with Crippen LogP contribution in [0.15, 0.2) is 0 Å². The van der Waals surface area contributed by atoms with Crippen molar-refractivity contribution in [3.8, 4) is 0 Å². The van der Waals surface area contributed by atoms with Crippen LogP contribution in [-0.2, 0) is 0 Å². The molecule has 0 aliphatic heterocycles. The fourth-order valence-electron chi connectivity index (χ4n) is 2.59. The molecule has 0 saturated heterocycles. The molecule has 4 nitrogen and oxygen atoms in total. The summed E-state index contributed by atoms with van der Waals surface area (Å²) in [5.74, 6) is 0.310. The Morgan fingerprint density at radius 1 is 1.22 bits per heavy atom. The molecule has 1 aliphatic rings. The highest BCUT2D eigenvalue weighted by molar-refractivity contribution is 5.74. The number of rotatable bonds is 5. The van der Waals surface area contributed by atoms with Gasteiger partial charge in [0.1, 0.15) is 0 Å². The molecule has 106 valence electrons. The number of carbonyl (C=O) groups is 1. The van der Waals surface area contributed by atoms with E-state index in [0.29, 0.717) is 18.5 Å². The zero-order chi connectivity index (χ0) is 13.4. The molecular formula is C14H28N2O2. The summed E-state index contributed by atoms with van der Waals surface area (Å²) in [4.78, 5) is 11.7. The van der Waals surface area contributed by atoms with Crippen LogP contribution in [0.2, 0.25) is 0 Å². The molecule has 2 atom stereocenters. The van der Waals surface area contributed by atoms with Crippen LogP contribution in [-0.4, -0.2) is 29.8 Å². The molecule has 1 aliphatic carbocycles. The van der Waals surface area contributed by atoms with Crippen LogP contribution >= 0.6 is 0 Å². The molecule has 0 aromatic heterocycles. The minimum atomic E-state index is -0.299. The predicted octanol–water partition coefficient (Wildman–Crippen LogP) is 2.42. The van der Waals surface area contributed by atoms with Crippen molar-refractivity contribution in [2.24, 2.45) is 5.92 Å². The molecule has 0 aromatic carbocycles. The van der Waals surface area contributed by atoms with E-state index in [9.17, 15) is 9.90 Å². The van der Waals surface area contributed by atoms with E-state index in [2.05, 4.69) is 10.6 Å². The third-order valence-corrected chi connectivity index (χ3v) is 3.54. The van der Waals surface area contributed by atoms with Crippen molar-refractivity contribution < 1.29 is 9.90 Å². The second kappa shape index (κ2) is 8.35. The van der Waals surface area contributed by atoms with E-state index in [4.69, 9.17) is 0 Å². The van der Waals surface area contributed by atoms with Crippen LogP contribution in [0.1, 0.15) is 58.8 Å². The maximum Gasteiger partial charge on any atom is 0.315 e. The van der Waals surface area contributed by atoms with Gasteiger partial charge in [0.2, 0.25) is 0 Å². The standard InChI is InChI=1S/C14H28N2O2/c1-11(9-12(2)17)10-15-14(18)16-13-7-5-3-4-6-8-13/h11-13,17H,3-10H2,1-2H3,(H2,15,16,18). The van der Waals surface area contributed by atoms with E-state index in [1.54, 1.807) is 6.92 Å². The minimum Gasteiger partial charge on any atom is -0.393 e. The molecular weight excluding hydrogens is 228 g/mol. The molecule has 18 heavy (non-hydrogen) atoms. The highest BCUT2D eigenvalue weighted by atomic mass is 16.3. The molecule has 2 unspecified atom stereocenters. The zero-order valence-electron chi connectivity index (χ0n) is 11.7. The zero-order valence-corrected chi connectivity index (χ0v) is 11.7. The summed E-state index contributed by atoms with van der Waals surface area (Å²) in [7, 11) is 0. The maximum absolute atomic E-state index is 11.7. The Balaban J connectivity index is 2.16. The summed E-state index contributed by atoms with van der Waals surface area (Å²) in [6.07, 6.45) is 7.69. The van der Waals surface area contributed by atoms with Crippen molar-refractivity contribution in [1.82, 2.24) is 10.6 Å². The third-order valence-electron chi connectivity index (χ3n) is 3.54. The fourth-order valence-corrected chi connectivity index (χ4v) is 2.59. The summed E-state index contributed by atoms with van der Waals surface area (Å²) in [6, 6.07) is 0.291. The van der Waals surface area contributed by atoms with Crippen LogP contribution in [0.25, 0.3) is 0 Å². The first-order valence-corrected chi connectivity index (χ1v) is 7.30. The van der Waals surface area contributed by atoms with Crippen molar-refractivity contribution in [1.29, 1.82) is 0 Å². The van der Waals surface area contributed by atoms with Crippen molar-refractivity contribution in [2.75, 3.05) is 6.54 Å². The first kappa shape index (κ1) is 15.3. The van der Waals surface area contributed by atoms with E-state index < -0.39 is 0 Å². The van der Waals surface area contributed by atoms with Crippen LogP contribution < -0.4 is 10.6 Å². The first-order chi connectivity index (χ1) is 8.58. The van der Waals surface area contributed by atoms with Crippen LogP contribution in [0.3, 0.4) is 0 Å². The van der Waals surface area contributed by atoms with Gasteiger partial charge in [0.25, 0.3) is 0 Å². The number of amides is 2. The van der Waals surface area contributed by atoms with Crippen molar-refractivity contribution in [3.63, 3.8) is 0 Å². The summed E-state index contributed by atoms with van der Waals surface area (Å²) >= 11 is 0. The molecule has 0 aromatic rings. The van der Waals surface area contributed by atoms with Gasteiger partial charge in [0.15, 0.2) is 0 Å². The molecule has 1 saturated carbocycles. The lowest BCUT2D eigenvalue weighted by Crippen LogP contribution is -2.43. The normalized spacial score (nSPS) is 20.8. The molecule has 0 bridgehead atoms. The van der Waals surface area contributed by atoms with Crippen LogP contribution in [0, 0.1) is 5.92 Å². The van der Waals surface area contributed by atoms with Gasteiger partial charge in [-0.05, 0) is 32.1 Å². The number of nitrogens with one attached hydrogen (secondary N) is 2. The Labute approximate surface area is 111 Å². The van der Waals surface area contributed by atoms with Crippen molar-refractivity contribution in [3.05, 3.63) is 0 Å². The van der Waals surface area contributed by atoms with Crippen LogP contribution in [0.4, 0.5) is 4.79 Å². The number of aliphatic hydroxyl groups excluding tert-OH is 1. The average Bonchev–Trinajstić information content (AvgIpc) is 2.54. The van der Waals surface area contributed by atoms with Gasteiger partial charge in [0, 0.05) is 12.6 Å². The average molecular weight is 256 g/mol. The lowest BCUT2D eigenvalue weighted by molar-refractivity contribution is 0.163. The summed E-state index contributed by atoms with van der Waals surface area (Å²) in [6.45, 7) is 4.45. The predicted molar refractivity (Wildman–Crippen MR) is 73.5 cm³/mol. The Kier molecular flexibility index (Phi) is 7.09. The van der Waals surface area contributed by atoms with Gasteiger partial charge in [-0.3, -0.25) is 0 Å². The third kappa shape index (κ3) is 6.84. The molecule has 2 amide bonds. The largest absolute Gasteiger partial charge is 0.393 e. The Hall–Kier alpha value is -0.770. The van der Waals surface area contributed by atoms with E-state index >= 15 is 0 Å². The lowest BCUT2D eigenvalue weighted by Gasteiger charge is -2.19. The van der Waals surface area contributed by atoms with E-state index in [-0.39, 0.29) is 12.1 Å². The Morgan fingerprint density at radius 3 is 2.39 bits per heavy atom. The smallest absolute Gasteiger partial charge is 0.315 e. The first-order valence-electron chi connectivity index (χ1n) is 7.30. The Morgan fingerprint density at radius 2 is 1.83 bits per heavy atom. The molecule has 3 N–H and O–H groups in total. The van der Waals surface area contributed by atoms with E-state index in [1.165, 1.54) is 25.7 Å². The van der Waals surface area contributed by atoms with Crippen LogP contribution in [0.5, 0.6) is 0 Å². The molecule has 0 spiro atoms. The highest BCUT2D eigenvalue weighted by Crippen LogP contribution is 2.17. The van der Waals surface area contributed by atoms with Gasteiger partial charge in [-0.2, -0.15) is 0 Å². The number of urea groups is 1. The second-order valence-corrected chi connectivity index (χ2v) is 5.73. The minimum absolute atomic E-state index is 0.0562. The second-order valence-electron chi connectivity index (χ2n) is 5.73. The van der Waals surface area contributed by atoms with Gasteiger partial charge >= 0.3 is 6.03 Å². The maximum atomic E-state index is 11.7. The van der Waals surface area contributed by atoms with Gasteiger partial charge in [-0.1, -0.05) is 32.6 Å². The van der Waals surface area contributed by atoms with Gasteiger partial charge < -0.3 is 15.7 Å². The summed E-state index contributed by atoms with van der Waals surface area (Å²) in [5.41, 5.74) is 0. The number of hydrogen-bond donors (Lipinski definition) is 3. The molecule has 0 radical (unpaired) electrons. The highest BCUT2D eigenvalue weighted by Gasteiger charge is 2.15. The number of aliphatic hydroxyl groups is 1. The van der Waals surface area contributed by atoms with Crippen molar-refractivity contribution in [2.45, 2.75) is 70.9 Å². The molecule has 4 heteroatoms. The van der Waals surface area contributed by atoms with Crippen molar-refractivity contribution >= 4 is 6.03 Å². The summed E-state index contributed by atoms with van der Waals surface area (Å²) in [5, 5.41) is 15.2. The monoisotopic (exact) mass is 256 g/mol. The van der Waals surface area contributed by atoms with Gasteiger partial charge in [-0.15, -0.1) is 0 Å². The number of carbonyl (C=O) groups excluding carboxylic acids is 1. The Bertz CT molecular complexity index is 236. The molecule has 1 fully saturated rings. The van der Waals surface area contributed by atoms with Gasteiger partial charge in [-0.25, -0.2) is 4.79 Å².